The normalized spacial score (nSPS) is 12.7. The first kappa shape index (κ1) is 53.4. The number of hydrogen-bond acceptors (Lipinski definition) is 5. The summed E-state index contributed by atoms with van der Waals surface area (Å²) in [6.45, 7) is 26.7. The Morgan fingerprint density at radius 2 is 1.24 bits per heavy atom. The van der Waals surface area contributed by atoms with Gasteiger partial charge in [0.1, 0.15) is 28.6 Å². The number of furan rings is 1. The molecule has 79 heavy (non-hydrogen) atoms. The van der Waals surface area contributed by atoms with Crippen LogP contribution in [-0.2, 0) is 30.9 Å². The van der Waals surface area contributed by atoms with E-state index in [1.54, 1.807) is 6.07 Å². The molecule has 11 aromatic rings. The zero-order valence-electron chi connectivity index (χ0n) is 46.9. The van der Waals surface area contributed by atoms with Crippen molar-refractivity contribution in [2.45, 2.75) is 106 Å². The average Bonchev–Trinajstić information content (AvgIpc) is 4.19. The smallest absolute Gasteiger partial charge is 0.260 e. The second kappa shape index (κ2) is 20.3. The van der Waals surface area contributed by atoms with E-state index in [-0.39, 0.29) is 43.5 Å². The third-order valence-corrected chi connectivity index (χ3v) is 15.7. The number of imidazole rings is 1. The van der Waals surface area contributed by atoms with Crippen molar-refractivity contribution >= 4 is 56.1 Å². The molecule has 2 aliphatic heterocycles. The van der Waals surface area contributed by atoms with Gasteiger partial charge < -0.3 is 23.4 Å². The number of aromatic nitrogens is 3. The maximum atomic E-state index is 12.7. The average molecular weight is 1220 g/mol. The van der Waals surface area contributed by atoms with Gasteiger partial charge in [-0.05, 0) is 123 Å². The SMILES string of the molecule is CC(C)c1cccc(C(C)C)c1-n1c(-c2[c-]ccc3c2oc2c(-c4cc5c6c(c4)Oc4ccc(C(C)(C)C)cc4B6c4cc(C(C)(C)C)ccc4O5)cccc23)nc2ccccc21.Cc1cnc(-c2[c-]cc(F)cc2)cc1C.[Ir]. The number of fused-ring (bicyclic) bond motifs is 8. The molecule has 0 amide bonds. The first-order chi connectivity index (χ1) is 37.3. The van der Waals surface area contributed by atoms with Crippen LogP contribution in [0.2, 0.25) is 0 Å². The van der Waals surface area contributed by atoms with Gasteiger partial charge in [-0.3, -0.25) is 9.37 Å². The molecule has 13 rings (SSSR count). The predicted molar refractivity (Wildman–Crippen MR) is 319 cm³/mol. The van der Waals surface area contributed by atoms with E-state index in [0.29, 0.717) is 11.8 Å². The van der Waals surface area contributed by atoms with Crippen molar-refractivity contribution in [3.63, 3.8) is 0 Å². The van der Waals surface area contributed by atoms with Crippen LogP contribution in [0.5, 0.6) is 23.0 Å². The summed E-state index contributed by atoms with van der Waals surface area (Å²) in [4.78, 5) is 9.64. The van der Waals surface area contributed by atoms with Crippen molar-refractivity contribution < 1.29 is 38.4 Å². The molecule has 3 aromatic heterocycles. The largest absolute Gasteiger partial charge is 0.500 e. The summed E-state index contributed by atoms with van der Waals surface area (Å²) in [7, 11) is 0. The number of rotatable bonds is 6. The minimum Gasteiger partial charge on any atom is -0.500 e. The zero-order valence-corrected chi connectivity index (χ0v) is 49.3. The molecule has 2 aliphatic rings. The van der Waals surface area contributed by atoms with Crippen LogP contribution in [0.25, 0.3) is 72.4 Å². The minimum absolute atomic E-state index is 0. The fraction of sp³-hybridized carbons (Fsp3) is 0.229. The Kier molecular flexibility index (Phi) is 13.7. The van der Waals surface area contributed by atoms with Gasteiger partial charge in [-0.1, -0.05) is 165 Å². The number of ether oxygens (including phenoxy) is 2. The van der Waals surface area contributed by atoms with Gasteiger partial charge in [0.2, 0.25) is 0 Å². The Morgan fingerprint density at radius 1 is 0.620 bits per heavy atom. The molecule has 0 spiro atoms. The monoisotopic (exact) mass is 1220 g/mol. The number of pyridine rings is 1. The predicted octanol–water partition coefficient (Wildman–Crippen LogP) is 16.9. The third kappa shape index (κ3) is 9.49. The van der Waals surface area contributed by atoms with E-state index >= 15 is 0 Å². The summed E-state index contributed by atoms with van der Waals surface area (Å²) in [6.07, 6.45) is 1.82. The van der Waals surface area contributed by atoms with Gasteiger partial charge in [0, 0.05) is 54.2 Å². The first-order valence-electron chi connectivity index (χ1n) is 27.2. The van der Waals surface area contributed by atoms with Crippen LogP contribution in [-0.4, -0.2) is 21.2 Å². The van der Waals surface area contributed by atoms with Crippen LogP contribution < -0.4 is 25.9 Å². The van der Waals surface area contributed by atoms with Crippen molar-refractivity contribution in [3.05, 3.63) is 203 Å². The van der Waals surface area contributed by atoms with Gasteiger partial charge >= 0.3 is 0 Å². The molecule has 8 aromatic carbocycles. The van der Waals surface area contributed by atoms with Crippen LogP contribution in [0.3, 0.4) is 0 Å². The van der Waals surface area contributed by atoms with Crippen LogP contribution in [0, 0.1) is 31.8 Å². The van der Waals surface area contributed by atoms with Crippen molar-refractivity contribution in [2.75, 3.05) is 0 Å². The number of hydrogen-bond donors (Lipinski definition) is 0. The Labute approximate surface area is 477 Å². The second-order valence-electron chi connectivity index (χ2n) is 23.8. The van der Waals surface area contributed by atoms with E-state index in [9.17, 15) is 4.39 Å². The summed E-state index contributed by atoms with van der Waals surface area (Å²) >= 11 is 0. The maximum absolute atomic E-state index is 12.7. The van der Waals surface area contributed by atoms with Crippen molar-refractivity contribution in [1.29, 1.82) is 0 Å². The minimum atomic E-state index is -0.275. The molecule has 0 aliphatic carbocycles. The molecule has 0 atom stereocenters. The number of halogens is 1. The molecule has 9 heteroatoms. The van der Waals surface area contributed by atoms with E-state index in [2.05, 4.69) is 206 Å². The van der Waals surface area contributed by atoms with E-state index < -0.39 is 0 Å². The molecule has 0 saturated heterocycles. The third-order valence-electron chi connectivity index (χ3n) is 15.7. The fourth-order valence-corrected chi connectivity index (χ4v) is 11.3. The van der Waals surface area contributed by atoms with E-state index in [1.807, 2.05) is 32.2 Å². The molecule has 0 bridgehead atoms. The first-order valence-corrected chi connectivity index (χ1v) is 27.2. The summed E-state index contributed by atoms with van der Waals surface area (Å²) < 4.78 is 36.0. The molecule has 0 unspecified atom stereocenters. The Bertz CT molecular complexity index is 4060. The van der Waals surface area contributed by atoms with Crippen LogP contribution in [0.1, 0.15) is 114 Å². The molecule has 1 radical (unpaired) electrons. The quantitative estimate of drug-likeness (QED) is 0.123. The van der Waals surface area contributed by atoms with Crippen LogP contribution in [0.15, 0.2) is 156 Å². The van der Waals surface area contributed by atoms with Crippen molar-refractivity contribution in [3.8, 4) is 62.5 Å². The van der Waals surface area contributed by atoms with Gasteiger partial charge in [0.15, 0.2) is 0 Å². The van der Waals surface area contributed by atoms with Gasteiger partial charge in [-0.15, -0.1) is 48.0 Å². The summed E-state index contributed by atoms with van der Waals surface area (Å²) in [5, 5.41) is 2.04. The van der Waals surface area contributed by atoms with Crippen LogP contribution in [0.4, 0.5) is 4.39 Å². The molecular formula is C70H63BFIrN3O3-2. The van der Waals surface area contributed by atoms with Crippen LogP contribution >= 0.6 is 0 Å². The molecule has 6 nitrogen and oxygen atoms in total. The van der Waals surface area contributed by atoms with E-state index in [4.69, 9.17) is 18.9 Å². The number of nitrogens with zero attached hydrogens (tertiary/aromatic N) is 3. The topological polar surface area (TPSA) is 62.3 Å². The van der Waals surface area contributed by atoms with E-state index in [0.717, 1.165) is 101 Å². The number of benzene rings is 8. The summed E-state index contributed by atoms with van der Waals surface area (Å²) in [6, 6.07) is 56.4. The summed E-state index contributed by atoms with van der Waals surface area (Å²) in [5.41, 5.74) is 19.9. The standard InChI is InChI=1S/C57H52BN2O3.C13H11FN.Ir/c1-32(2)37-16-13-17-38(33(3)4)52(37)60-46-23-12-11-22-45(46)59-55(60)42-21-15-20-41-40-19-14-18-39(53(40)63-54(41)42)34-28-49-51-50(29-34)62-48-27-25-36(57(8,9)10)31-44(48)58(51)43-30-35(56(5,6)7)24-26-47(43)61-49;1-9-7-13(15-8-10(9)2)11-3-5-12(14)6-4-11;/h11-20,22-33H,1-10H3;3,5-8H,1-2H3;/q2*-1;. The molecule has 0 saturated carbocycles. The molecule has 397 valence electrons. The van der Waals surface area contributed by atoms with E-state index in [1.165, 1.54) is 56.6 Å². The Morgan fingerprint density at radius 3 is 1.84 bits per heavy atom. The van der Waals surface area contributed by atoms with Gasteiger partial charge in [0.25, 0.3) is 6.71 Å². The molecule has 0 fully saturated rings. The molecule has 0 N–H and O–H groups in total. The Balaban J connectivity index is 0.000000357. The fourth-order valence-electron chi connectivity index (χ4n) is 11.3. The summed E-state index contributed by atoms with van der Waals surface area (Å²) in [5.74, 6) is 4.49. The van der Waals surface area contributed by atoms with Crippen molar-refractivity contribution in [2.24, 2.45) is 0 Å². The second-order valence-corrected chi connectivity index (χ2v) is 23.8. The Hall–Kier alpha value is -7.58. The maximum Gasteiger partial charge on any atom is 0.260 e. The molecular weight excluding hydrogens is 1150 g/mol. The number of para-hydroxylation sites is 4. The van der Waals surface area contributed by atoms with Crippen molar-refractivity contribution in [1.82, 2.24) is 14.5 Å². The zero-order chi connectivity index (χ0) is 54.5. The molecule has 5 heterocycles. The van der Waals surface area contributed by atoms with Gasteiger partial charge in [-0.25, -0.2) is 0 Å². The number of aryl methyl sites for hydroxylation is 2. The van der Waals surface area contributed by atoms with Gasteiger partial charge in [0.05, 0.1) is 22.4 Å². The van der Waals surface area contributed by atoms with Gasteiger partial charge in [-0.2, -0.15) is 0 Å².